The lowest BCUT2D eigenvalue weighted by Gasteiger charge is -2.61. The van der Waals surface area contributed by atoms with Gasteiger partial charge in [0, 0.05) is 16.9 Å². The molecule has 9 heteroatoms. The van der Waals surface area contributed by atoms with Gasteiger partial charge >= 0.3 is 0 Å². The Hall–Kier alpha value is -4.89. The molecule has 0 aromatic heterocycles. The number of ketones is 6. The number of hydrogen-bond donors (Lipinski definition) is 0. The Kier molecular flexibility index (Phi) is 27.2. The van der Waals surface area contributed by atoms with Gasteiger partial charge in [0.05, 0.1) is 28.8 Å². The fourth-order valence-electron chi connectivity index (χ4n) is 9.06. The third kappa shape index (κ3) is 21.7. The summed E-state index contributed by atoms with van der Waals surface area (Å²) in [5.74, 6) is 1.59. The van der Waals surface area contributed by atoms with Gasteiger partial charge in [0.15, 0.2) is 23.1 Å². The number of ether oxygens (including phenoxy) is 2. The van der Waals surface area contributed by atoms with E-state index >= 15 is 0 Å². The summed E-state index contributed by atoms with van der Waals surface area (Å²) in [4.78, 5) is 75.6. The molecule has 0 amide bonds. The molecule has 9 nitrogen and oxygen atoms in total. The van der Waals surface area contributed by atoms with Crippen molar-refractivity contribution in [1.29, 1.82) is 0 Å². The Labute approximate surface area is 417 Å². The highest BCUT2D eigenvalue weighted by Crippen LogP contribution is 2.67. The second-order valence-corrected chi connectivity index (χ2v) is 21.1. The van der Waals surface area contributed by atoms with Crippen LogP contribution in [0.15, 0.2) is 105 Å². The van der Waals surface area contributed by atoms with Crippen molar-refractivity contribution in [2.75, 3.05) is 0 Å². The quantitative estimate of drug-likeness (QED) is 0.0348. The molecule has 0 aromatic rings. The topological polar surface area (TPSA) is 138 Å². The molecule has 0 N–H and O–H groups in total. The van der Waals surface area contributed by atoms with Crippen LogP contribution in [0.5, 0.6) is 0 Å². The predicted molar refractivity (Wildman–Crippen MR) is 284 cm³/mol. The van der Waals surface area contributed by atoms with Crippen LogP contribution in [-0.2, 0) is 43.0 Å². The minimum Gasteiger partial charge on any atom is -0.487 e. The van der Waals surface area contributed by atoms with Crippen LogP contribution in [0, 0.1) is 17.3 Å². The first-order chi connectivity index (χ1) is 31.7. The molecule has 4 bridgehead atoms. The monoisotopic (exact) mass is 955 g/mol. The molecule has 0 spiro atoms. The van der Waals surface area contributed by atoms with Crippen molar-refractivity contribution in [1.82, 2.24) is 0 Å². The fourth-order valence-corrected chi connectivity index (χ4v) is 9.06. The van der Waals surface area contributed by atoms with Gasteiger partial charge in [0.1, 0.15) is 29.2 Å². The summed E-state index contributed by atoms with van der Waals surface area (Å²) in [7, 11) is 0. The summed E-state index contributed by atoms with van der Waals surface area (Å²) in [6.07, 6.45) is 27.0. The zero-order chi connectivity index (χ0) is 53.7. The molecule has 5 aliphatic rings. The van der Waals surface area contributed by atoms with E-state index in [1.165, 1.54) is 56.4 Å². The van der Waals surface area contributed by atoms with Gasteiger partial charge in [-0.05, 0) is 206 Å². The molecule has 5 rings (SSSR count). The molecule has 5 atom stereocenters. The van der Waals surface area contributed by atoms with Gasteiger partial charge in [-0.3, -0.25) is 33.6 Å². The summed E-state index contributed by atoms with van der Waals surface area (Å²) in [5, 5.41) is 0. The molecule has 1 saturated heterocycles. The minimum atomic E-state index is -0.399. The number of rotatable bonds is 17. The average molecular weight is 955 g/mol. The number of carbonyl (C=O) groups is 7. The minimum absolute atomic E-state index is 0.0338. The Balaban J connectivity index is 0.000000863. The van der Waals surface area contributed by atoms with Gasteiger partial charge < -0.3 is 9.47 Å². The molecule has 3 aliphatic heterocycles. The summed E-state index contributed by atoms with van der Waals surface area (Å²) < 4.78 is 12.3. The molecular formula is C60H90O9. The highest BCUT2D eigenvalue weighted by molar-refractivity contribution is 6.18. The van der Waals surface area contributed by atoms with Crippen molar-refractivity contribution >= 4 is 41.0 Å². The van der Waals surface area contributed by atoms with E-state index in [9.17, 15) is 33.6 Å². The van der Waals surface area contributed by atoms with E-state index in [-0.39, 0.29) is 63.3 Å². The molecule has 69 heavy (non-hydrogen) atoms. The van der Waals surface area contributed by atoms with Gasteiger partial charge in [-0.25, -0.2) is 0 Å². The summed E-state index contributed by atoms with van der Waals surface area (Å²) in [5.41, 5.74) is 7.49. The first-order valence-electron chi connectivity index (χ1n) is 24.6. The first kappa shape index (κ1) is 64.1. The van der Waals surface area contributed by atoms with E-state index in [1.54, 1.807) is 26.0 Å². The van der Waals surface area contributed by atoms with Crippen LogP contribution >= 0.6 is 0 Å². The third-order valence-corrected chi connectivity index (χ3v) is 13.2. The van der Waals surface area contributed by atoms with E-state index in [0.717, 1.165) is 68.1 Å². The van der Waals surface area contributed by atoms with Crippen molar-refractivity contribution in [3.05, 3.63) is 105 Å². The number of Topliss-reactive ketones (excluding diaryl/α,β-unsaturated/α-hetero) is 6. The maximum atomic E-state index is 11.9. The predicted octanol–water partition coefficient (Wildman–Crippen LogP) is 14.3. The van der Waals surface area contributed by atoms with Crippen LogP contribution in [0.25, 0.3) is 0 Å². The molecule has 3 unspecified atom stereocenters. The van der Waals surface area contributed by atoms with E-state index in [0.29, 0.717) is 17.4 Å². The van der Waals surface area contributed by atoms with E-state index in [4.69, 9.17) is 9.47 Å². The molecule has 384 valence electrons. The van der Waals surface area contributed by atoms with Gasteiger partial charge in [-0.2, -0.15) is 0 Å². The Morgan fingerprint density at radius 1 is 0.652 bits per heavy atom. The van der Waals surface area contributed by atoms with Crippen LogP contribution < -0.4 is 0 Å². The number of aldehydes is 1. The van der Waals surface area contributed by atoms with Crippen LogP contribution in [0.4, 0.5) is 0 Å². The van der Waals surface area contributed by atoms with Crippen molar-refractivity contribution in [2.24, 2.45) is 17.3 Å². The molecule has 0 aromatic carbocycles. The van der Waals surface area contributed by atoms with Gasteiger partial charge in [-0.15, -0.1) is 0 Å². The van der Waals surface area contributed by atoms with Crippen molar-refractivity contribution < 1.29 is 43.0 Å². The fraction of sp³-hybridized carbons (Fsp3) is 0.583. The maximum Gasteiger partial charge on any atom is 0.163 e. The zero-order valence-corrected chi connectivity index (χ0v) is 46.5. The standard InChI is InChI=1S/3C15H22O2.C10H16O.C5H8O2/c1-9(16)11-8-12-10-6-7-14(12,4)17-15(11,5)13(10,2)3;1-11(2)7-6-9-15(5)10-8-14(12(3)16)13(4)17-15;1-11(2)7-6-8-12(3)9-10-15(13(4)16)14(5)17;1-9(2)5-4-6-10(3)7-8-11;1-4(6)3-5(2)7/h8,10,12H,6-7H2,1-5H3;7-8,10H,6,9H2,1-5H3;7,9-10H,6,8H2,1-5H3;5,7-8H,4,6H2,1-3H3;3H2,1-2H3/b;;12-9-;10-7-;/t10?,12?,14-,15-;;;;/m1..../s1. The van der Waals surface area contributed by atoms with E-state index < -0.39 is 5.60 Å². The lowest BCUT2D eigenvalue weighted by molar-refractivity contribution is -0.240. The summed E-state index contributed by atoms with van der Waals surface area (Å²) >= 11 is 0. The lowest BCUT2D eigenvalue weighted by Crippen LogP contribution is -2.64. The van der Waals surface area contributed by atoms with E-state index in [2.05, 4.69) is 100 Å². The second-order valence-electron chi connectivity index (χ2n) is 21.1. The molecule has 0 radical (unpaired) electrons. The second kappa shape index (κ2) is 29.3. The SMILES string of the molecule is CC(=O)C(=C/C=C(/C)CCC=C(C)C)C(C)=O.CC(=O)C1=C(C)OC(C)(CCC=C(C)C)C=C1.CC(=O)C1=CC2C3CC[C@@]2(C)O[C@@]1(C)C3(C)C.CC(=O)CC(C)=O.CC(C)=CCC/C(C)=C\C=O. The Morgan fingerprint density at radius 3 is 1.52 bits per heavy atom. The van der Waals surface area contributed by atoms with Crippen LogP contribution in [-0.4, -0.2) is 57.8 Å². The van der Waals surface area contributed by atoms with Crippen LogP contribution in [0.2, 0.25) is 0 Å². The van der Waals surface area contributed by atoms with Crippen molar-refractivity contribution in [3.8, 4) is 0 Å². The maximum absolute atomic E-state index is 11.9. The molecule has 2 aliphatic carbocycles. The van der Waals surface area contributed by atoms with Crippen LogP contribution in [0.3, 0.4) is 0 Å². The summed E-state index contributed by atoms with van der Waals surface area (Å²) in [6, 6.07) is 0. The van der Waals surface area contributed by atoms with Gasteiger partial charge in [0.25, 0.3) is 0 Å². The number of allylic oxidation sites excluding steroid dienone is 15. The Bertz CT molecular complexity index is 2120. The smallest absolute Gasteiger partial charge is 0.163 e. The molecule has 1 saturated carbocycles. The van der Waals surface area contributed by atoms with E-state index in [1.807, 2.05) is 39.0 Å². The molecule has 3 heterocycles. The number of hydrogen-bond acceptors (Lipinski definition) is 9. The largest absolute Gasteiger partial charge is 0.487 e. The molecular weight excluding hydrogens is 865 g/mol. The van der Waals surface area contributed by atoms with Crippen LogP contribution in [0.1, 0.15) is 196 Å². The first-order valence-corrected chi connectivity index (χ1v) is 24.6. The van der Waals surface area contributed by atoms with Crippen molar-refractivity contribution in [2.45, 2.75) is 213 Å². The van der Waals surface area contributed by atoms with Gasteiger partial charge in [-0.1, -0.05) is 72.1 Å². The average Bonchev–Trinajstić information content (AvgIpc) is 3.50. The lowest BCUT2D eigenvalue weighted by atomic mass is 9.53. The van der Waals surface area contributed by atoms with Crippen molar-refractivity contribution in [3.63, 3.8) is 0 Å². The highest BCUT2D eigenvalue weighted by Gasteiger charge is 2.68. The molecule has 2 fully saturated rings. The summed E-state index contributed by atoms with van der Waals surface area (Å²) in [6.45, 7) is 38.2. The normalized spacial score (nSPS) is 23.4. The van der Waals surface area contributed by atoms with Gasteiger partial charge in [0.2, 0.25) is 0 Å². The highest BCUT2D eigenvalue weighted by atomic mass is 16.5. The third-order valence-electron chi connectivity index (χ3n) is 13.2. The zero-order valence-electron chi connectivity index (χ0n) is 46.5. The Morgan fingerprint density at radius 2 is 1.13 bits per heavy atom. The number of carbonyl (C=O) groups excluding carboxylic acids is 7.